The predicted molar refractivity (Wildman–Crippen MR) is 54.6 cm³/mol. The van der Waals surface area contributed by atoms with E-state index in [2.05, 4.69) is 14.7 Å². The molecule has 2 rings (SSSR count). The number of rotatable bonds is 3. The molecule has 0 atom stereocenters. The first-order valence-corrected chi connectivity index (χ1v) is 4.77. The number of carbonyl (C=O) groups is 1. The zero-order valence-electron chi connectivity index (χ0n) is 8.78. The quantitative estimate of drug-likeness (QED) is 0.887. The minimum Gasteiger partial charge on any atom is -0.483 e. The Kier molecular flexibility index (Phi) is 2.85. The van der Waals surface area contributed by atoms with Crippen LogP contribution >= 0.6 is 0 Å². The summed E-state index contributed by atoms with van der Waals surface area (Å²) in [5, 5.41) is 9.00. The van der Waals surface area contributed by atoms with Gasteiger partial charge < -0.3 is 14.8 Å². The number of aromatic nitrogens is 2. The summed E-state index contributed by atoms with van der Waals surface area (Å²) in [6, 6.07) is 2.57. The van der Waals surface area contributed by atoms with Crippen LogP contribution < -0.4 is 4.74 Å². The summed E-state index contributed by atoms with van der Waals surface area (Å²) in [4.78, 5) is 17.5. The van der Waals surface area contributed by atoms with Gasteiger partial charge in [-0.25, -0.2) is 9.78 Å². The van der Waals surface area contributed by atoms with Gasteiger partial charge in [-0.15, -0.1) is 0 Å². The lowest BCUT2D eigenvalue weighted by molar-refractivity contribution is -0.153. The van der Waals surface area contributed by atoms with Crippen LogP contribution in [0, 0.1) is 0 Å². The Hall–Kier alpha value is -2.25. The molecule has 1 aromatic carbocycles. The smallest absolute Gasteiger partial charge is 0.422 e. The number of H-pyrrole nitrogens is 1. The SMILES string of the molecule is O=C(O)c1c(OCC(F)(F)F)ccc2[nH]cnc12. The molecule has 2 N–H and O–H groups in total. The van der Waals surface area contributed by atoms with E-state index in [4.69, 9.17) is 5.11 Å². The predicted octanol–water partition coefficient (Wildman–Crippen LogP) is 2.20. The van der Waals surface area contributed by atoms with Crippen molar-refractivity contribution in [3.63, 3.8) is 0 Å². The number of fused-ring (bicyclic) bond motifs is 1. The first kappa shape index (κ1) is 12.2. The number of aromatic carboxylic acids is 1. The monoisotopic (exact) mass is 260 g/mol. The molecule has 0 fully saturated rings. The summed E-state index contributed by atoms with van der Waals surface area (Å²) in [7, 11) is 0. The first-order valence-electron chi connectivity index (χ1n) is 4.77. The second kappa shape index (κ2) is 4.21. The fourth-order valence-electron chi connectivity index (χ4n) is 1.48. The van der Waals surface area contributed by atoms with Crippen molar-refractivity contribution >= 4 is 17.0 Å². The Labute approximate surface area is 98.2 Å². The van der Waals surface area contributed by atoms with Gasteiger partial charge in [0.15, 0.2) is 6.61 Å². The Bertz CT molecular complexity index is 592. The number of hydrogen-bond donors (Lipinski definition) is 2. The number of hydrogen-bond acceptors (Lipinski definition) is 3. The molecule has 2 aromatic rings. The van der Waals surface area contributed by atoms with Crippen molar-refractivity contribution in [1.29, 1.82) is 0 Å². The van der Waals surface area contributed by atoms with Crippen LogP contribution in [0.4, 0.5) is 13.2 Å². The highest BCUT2D eigenvalue weighted by Gasteiger charge is 2.29. The van der Waals surface area contributed by atoms with Gasteiger partial charge in [-0.05, 0) is 12.1 Å². The number of carboxylic acids is 1. The van der Waals surface area contributed by atoms with Gasteiger partial charge in [-0.3, -0.25) is 0 Å². The molecule has 1 aromatic heterocycles. The highest BCUT2D eigenvalue weighted by Crippen LogP contribution is 2.27. The van der Waals surface area contributed by atoms with E-state index < -0.39 is 24.3 Å². The minimum absolute atomic E-state index is 0.0576. The normalized spacial score (nSPS) is 11.7. The van der Waals surface area contributed by atoms with Crippen molar-refractivity contribution in [3.05, 3.63) is 24.0 Å². The summed E-state index contributed by atoms with van der Waals surface area (Å²) in [6.07, 6.45) is -3.28. The van der Waals surface area contributed by atoms with E-state index in [0.29, 0.717) is 5.52 Å². The van der Waals surface area contributed by atoms with E-state index in [9.17, 15) is 18.0 Å². The topological polar surface area (TPSA) is 75.2 Å². The molecule has 96 valence electrons. The van der Waals surface area contributed by atoms with Crippen LogP contribution in [-0.4, -0.2) is 33.8 Å². The number of aromatic amines is 1. The summed E-state index contributed by atoms with van der Waals surface area (Å²) < 4.78 is 40.6. The second-order valence-corrected chi connectivity index (χ2v) is 3.45. The molecule has 0 saturated carbocycles. The number of carboxylic acid groups (broad SMARTS) is 1. The van der Waals surface area contributed by atoms with Crippen LogP contribution in [-0.2, 0) is 0 Å². The van der Waals surface area contributed by atoms with Crippen LogP contribution in [0.15, 0.2) is 18.5 Å². The molecule has 0 bridgehead atoms. The van der Waals surface area contributed by atoms with E-state index >= 15 is 0 Å². The lowest BCUT2D eigenvalue weighted by Crippen LogP contribution is -2.20. The van der Waals surface area contributed by atoms with Crippen molar-refractivity contribution in [2.24, 2.45) is 0 Å². The van der Waals surface area contributed by atoms with Crippen LogP contribution in [0.2, 0.25) is 0 Å². The summed E-state index contributed by atoms with van der Waals surface area (Å²) >= 11 is 0. The number of halogens is 3. The third kappa shape index (κ3) is 2.36. The molecular formula is C10H7F3N2O3. The van der Waals surface area contributed by atoms with Crippen LogP contribution in [0.3, 0.4) is 0 Å². The van der Waals surface area contributed by atoms with Crippen molar-refractivity contribution in [3.8, 4) is 5.75 Å². The average molecular weight is 260 g/mol. The highest BCUT2D eigenvalue weighted by molar-refractivity contribution is 6.03. The Morgan fingerprint density at radius 3 is 2.78 bits per heavy atom. The lowest BCUT2D eigenvalue weighted by atomic mass is 10.1. The molecule has 0 aliphatic rings. The molecule has 0 aliphatic carbocycles. The van der Waals surface area contributed by atoms with E-state index in [1.807, 2.05) is 0 Å². The third-order valence-electron chi connectivity index (χ3n) is 2.16. The average Bonchev–Trinajstić information content (AvgIpc) is 2.71. The molecule has 0 unspecified atom stereocenters. The number of benzene rings is 1. The summed E-state index contributed by atoms with van der Waals surface area (Å²) in [6.45, 7) is -1.55. The molecule has 18 heavy (non-hydrogen) atoms. The van der Waals surface area contributed by atoms with Gasteiger partial charge in [-0.1, -0.05) is 0 Å². The maximum atomic E-state index is 12.0. The maximum Gasteiger partial charge on any atom is 0.422 e. The van der Waals surface area contributed by atoms with E-state index in [-0.39, 0.29) is 11.3 Å². The van der Waals surface area contributed by atoms with Crippen molar-refractivity contribution in [1.82, 2.24) is 9.97 Å². The standard InChI is InChI=1S/C10H7F3N2O3/c11-10(12,13)3-18-6-2-1-5-8(15-4-14-5)7(6)9(16)17/h1-2,4H,3H2,(H,14,15)(H,16,17). The van der Waals surface area contributed by atoms with Gasteiger partial charge >= 0.3 is 12.1 Å². The van der Waals surface area contributed by atoms with E-state index in [0.717, 1.165) is 6.07 Å². The fourth-order valence-corrected chi connectivity index (χ4v) is 1.48. The van der Waals surface area contributed by atoms with Crippen LogP contribution in [0.5, 0.6) is 5.75 Å². The number of imidazole rings is 1. The number of nitrogens with one attached hydrogen (secondary N) is 1. The van der Waals surface area contributed by atoms with E-state index in [1.54, 1.807) is 0 Å². The van der Waals surface area contributed by atoms with Gasteiger partial charge in [0, 0.05) is 0 Å². The molecule has 1 heterocycles. The van der Waals surface area contributed by atoms with Gasteiger partial charge in [0.25, 0.3) is 0 Å². The Morgan fingerprint density at radius 1 is 1.44 bits per heavy atom. The van der Waals surface area contributed by atoms with Gasteiger partial charge in [0.2, 0.25) is 0 Å². The largest absolute Gasteiger partial charge is 0.483 e. The molecule has 0 amide bonds. The molecule has 0 spiro atoms. The highest BCUT2D eigenvalue weighted by atomic mass is 19.4. The summed E-state index contributed by atoms with van der Waals surface area (Å²) in [5.74, 6) is -1.76. The zero-order valence-corrected chi connectivity index (χ0v) is 8.78. The maximum absolute atomic E-state index is 12.0. The Morgan fingerprint density at radius 2 is 2.17 bits per heavy atom. The van der Waals surface area contributed by atoms with Gasteiger partial charge in [-0.2, -0.15) is 13.2 Å². The van der Waals surface area contributed by atoms with Crippen LogP contribution in [0.25, 0.3) is 11.0 Å². The molecule has 8 heteroatoms. The third-order valence-corrected chi connectivity index (χ3v) is 2.16. The minimum atomic E-state index is -4.53. The Balaban J connectivity index is 2.43. The molecular weight excluding hydrogens is 253 g/mol. The van der Waals surface area contributed by atoms with Crippen LogP contribution in [0.1, 0.15) is 10.4 Å². The first-order chi connectivity index (χ1) is 8.38. The van der Waals surface area contributed by atoms with E-state index in [1.165, 1.54) is 12.4 Å². The second-order valence-electron chi connectivity index (χ2n) is 3.45. The fraction of sp³-hybridized carbons (Fsp3) is 0.200. The molecule has 0 saturated heterocycles. The van der Waals surface area contributed by atoms with Crippen molar-refractivity contribution in [2.45, 2.75) is 6.18 Å². The molecule has 5 nitrogen and oxygen atoms in total. The number of nitrogens with zero attached hydrogens (tertiary/aromatic N) is 1. The zero-order chi connectivity index (χ0) is 13.3. The molecule has 0 aliphatic heterocycles. The number of ether oxygens (including phenoxy) is 1. The number of alkyl halides is 3. The summed E-state index contributed by atoms with van der Waals surface area (Å²) in [5.41, 5.74) is 0.0759. The van der Waals surface area contributed by atoms with Crippen molar-refractivity contribution < 1.29 is 27.8 Å². The molecule has 0 radical (unpaired) electrons. The van der Waals surface area contributed by atoms with Gasteiger partial charge in [0.05, 0.1) is 11.8 Å². The van der Waals surface area contributed by atoms with Crippen molar-refractivity contribution in [2.75, 3.05) is 6.61 Å². The van der Waals surface area contributed by atoms with Gasteiger partial charge in [0.1, 0.15) is 16.8 Å². The lowest BCUT2D eigenvalue weighted by Gasteiger charge is -2.11.